The molecule has 0 N–H and O–H groups in total. The van der Waals surface area contributed by atoms with Crippen LogP contribution in [0.5, 0.6) is 0 Å². The number of carboxylic acids is 1. The van der Waals surface area contributed by atoms with Gasteiger partial charge in [-0.25, -0.2) is 0 Å². The molecular formula is C11H10BrO3-. The van der Waals surface area contributed by atoms with Gasteiger partial charge >= 0.3 is 0 Å². The molecule has 1 rings (SSSR count). The Balaban J connectivity index is 3.03. The van der Waals surface area contributed by atoms with E-state index in [0.29, 0.717) is 10.0 Å². The van der Waals surface area contributed by atoms with E-state index in [-0.39, 0.29) is 6.42 Å². The number of carbonyl (C=O) groups excluding carboxylic acids is 2. The molecule has 0 amide bonds. The second kappa shape index (κ2) is 5.07. The molecule has 0 fully saturated rings. The lowest BCUT2D eigenvalue weighted by Gasteiger charge is -2.15. The summed E-state index contributed by atoms with van der Waals surface area (Å²) >= 11 is 3.21. The van der Waals surface area contributed by atoms with Crippen LogP contribution in [0.1, 0.15) is 23.7 Å². The van der Waals surface area contributed by atoms with Gasteiger partial charge in [0.05, 0.1) is 11.9 Å². The third-order valence-electron chi connectivity index (χ3n) is 2.15. The highest BCUT2D eigenvalue weighted by Crippen LogP contribution is 2.20. The normalized spacial score (nSPS) is 12.1. The number of hydrogen-bond acceptors (Lipinski definition) is 3. The number of carboxylic acid groups (broad SMARTS) is 1. The van der Waals surface area contributed by atoms with E-state index in [4.69, 9.17) is 0 Å². The first-order valence-corrected chi connectivity index (χ1v) is 5.36. The van der Waals surface area contributed by atoms with Crippen molar-refractivity contribution in [1.29, 1.82) is 0 Å². The summed E-state index contributed by atoms with van der Waals surface area (Å²) in [6, 6.07) is 6.76. The number of carbonyl (C=O) groups is 2. The Morgan fingerprint density at radius 3 is 2.47 bits per heavy atom. The molecule has 1 unspecified atom stereocenters. The smallest absolute Gasteiger partial charge is 0.172 e. The molecule has 0 heterocycles. The van der Waals surface area contributed by atoms with E-state index < -0.39 is 17.7 Å². The molecule has 0 aromatic heterocycles. The lowest BCUT2D eigenvalue weighted by Crippen LogP contribution is -2.36. The first-order chi connectivity index (χ1) is 7.07. The maximum atomic E-state index is 11.8. The quantitative estimate of drug-likeness (QED) is 0.614. The molecule has 3 nitrogen and oxygen atoms in total. The number of benzene rings is 1. The summed E-state index contributed by atoms with van der Waals surface area (Å²) in [5.74, 6) is -2.80. The fourth-order valence-electron chi connectivity index (χ4n) is 1.31. The van der Waals surface area contributed by atoms with Crippen LogP contribution in [0.15, 0.2) is 28.7 Å². The van der Waals surface area contributed by atoms with Crippen molar-refractivity contribution in [1.82, 2.24) is 0 Å². The fourth-order valence-corrected chi connectivity index (χ4v) is 1.79. The minimum atomic E-state index is -1.32. The Morgan fingerprint density at radius 1 is 1.40 bits per heavy atom. The maximum Gasteiger partial charge on any atom is 0.172 e. The Bertz CT molecular complexity index is 387. The molecule has 0 aliphatic heterocycles. The molecule has 0 saturated heterocycles. The Morgan fingerprint density at radius 2 is 2.00 bits per heavy atom. The van der Waals surface area contributed by atoms with Crippen LogP contribution >= 0.6 is 15.9 Å². The van der Waals surface area contributed by atoms with Crippen LogP contribution in [0.4, 0.5) is 0 Å². The molecule has 80 valence electrons. The minimum absolute atomic E-state index is 0.239. The number of hydrogen-bond donors (Lipinski definition) is 0. The zero-order chi connectivity index (χ0) is 11.4. The molecule has 15 heavy (non-hydrogen) atoms. The topological polar surface area (TPSA) is 57.2 Å². The summed E-state index contributed by atoms with van der Waals surface area (Å²) in [6.07, 6.45) is 0.239. The van der Waals surface area contributed by atoms with Crippen molar-refractivity contribution in [3.63, 3.8) is 0 Å². The van der Waals surface area contributed by atoms with Gasteiger partial charge in [0.15, 0.2) is 5.78 Å². The lowest BCUT2D eigenvalue weighted by molar-refractivity contribution is -0.309. The third kappa shape index (κ3) is 2.65. The van der Waals surface area contributed by atoms with Crippen molar-refractivity contribution < 1.29 is 14.7 Å². The van der Waals surface area contributed by atoms with Crippen LogP contribution < -0.4 is 5.11 Å². The molecule has 0 spiro atoms. The third-order valence-corrected chi connectivity index (χ3v) is 2.84. The van der Waals surface area contributed by atoms with Gasteiger partial charge in [0.2, 0.25) is 0 Å². The number of halogens is 1. The van der Waals surface area contributed by atoms with E-state index in [1.165, 1.54) is 0 Å². The number of ketones is 1. The van der Waals surface area contributed by atoms with Crippen LogP contribution in [0.2, 0.25) is 0 Å². The van der Waals surface area contributed by atoms with Gasteiger partial charge in [-0.1, -0.05) is 41.1 Å². The number of rotatable bonds is 4. The van der Waals surface area contributed by atoms with Gasteiger partial charge in [0.1, 0.15) is 0 Å². The monoisotopic (exact) mass is 269 g/mol. The molecule has 0 aliphatic carbocycles. The molecule has 0 radical (unpaired) electrons. The SMILES string of the molecule is CCC(C(=O)[O-])C(=O)c1ccccc1Br. The lowest BCUT2D eigenvalue weighted by atomic mass is 9.95. The average molecular weight is 270 g/mol. The summed E-state index contributed by atoms with van der Waals surface area (Å²) in [5.41, 5.74) is 0.383. The highest BCUT2D eigenvalue weighted by Gasteiger charge is 2.20. The Kier molecular flexibility index (Phi) is 4.03. The van der Waals surface area contributed by atoms with Gasteiger partial charge < -0.3 is 9.90 Å². The van der Waals surface area contributed by atoms with Crippen molar-refractivity contribution >= 4 is 27.7 Å². The predicted octanol–water partition coefficient (Wildman–Crippen LogP) is 1.41. The zero-order valence-corrected chi connectivity index (χ0v) is 9.78. The molecule has 1 aromatic rings. The fraction of sp³-hybridized carbons (Fsp3) is 0.273. The van der Waals surface area contributed by atoms with E-state index in [0.717, 1.165) is 0 Å². The summed E-state index contributed by atoms with van der Waals surface area (Å²) < 4.78 is 0.606. The summed E-state index contributed by atoms with van der Waals surface area (Å²) in [7, 11) is 0. The van der Waals surface area contributed by atoms with Gasteiger partial charge in [-0.2, -0.15) is 0 Å². The number of aliphatic carboxylic acids is 1. The Labute approximate surface area is 96.2 Å². The molecule has 0 bridgehead atoms. The van der Waals surface area contributed by atoms with Crippen LogP contribution in [0.3, 0.4) is 0 Å². The van der Waals surface area contributed by atoms with Gasteiger partial charge in [0, 0.05) is 10.0 Å². The standard InChI is InChI=1S/C11H11BrO3/c1-2-7(11(14)15)10(13)8-5-3-4-6-9(8)12/h3-7H,2H2,1H3,(H,14,15)/p-1. The first kappa shape index (κ1) is 11.9. The van der Waals surface area contributed by atoms with Crippen LogP contribution in [0.25, 0.3) is 0 Å². The van der Waals surface area contributed by atoms with Crippen molar-refractivity contribution in [2.45, 2.75) is 13.3 Å². The van der Waals surface area contributed by atoms with E-state index in [1.54, 1.807) is 31.2 Å². The van der Waals surface area contributed by atoms with Gasteiger partial charge in [-0.05, 0) is 12.5 Å². The van der Waals surface area contributed by atoms with E-state index in [2.05, 4.69) is 15.9 Å². The van der Waals surface area contributed by atoms with Gasteiger partial charge in [-0.3, -0.25) is 4.79 Å². The number of Topliss-reactive ketones (excluding diaryl/α,β-unsaturated/α-hetero) is 1. The van der Waals surface area contributed by atoms with Gasteiger partial charge in [0.25, 0.3) is 0 Å². The summed E-state index contributed by atoms with van der Waals surface area (Å²) in [4.78, 5) is 22.5. The average Bonchev–Trinajstić information content (AvgIpc) is 2.18. The first-order valence-electron chi connectivity index (χ1n) is 4.57. The van der Waals surface area contributed by atoms with Crippen LogP contribution in [-0.2, 0) is 4.79 Å². The van der Waals surface area contributed by atoms with Gasteiger partial charge in [-0.15, -0.1) is 0 Å². The second-order valence-electron chi connectivity index (χ2n) is 3.12. The summed E-state index contributed by atoms with van der Waals surface area (Å²) in [6.45, 7) is 1.65. The van der Waals surface area contributed by atoms with Crippen LogP contribution in [0, 0.1) is 5.92 Å². The molecular weight excluding hydrogens is 260 g/mol. The highest BCUT2D eigenvalue weighted by molar-refractivity contribution is 9.10. The van der Waals surface area contributed by atoms with E-state index in [9.17, 15) is 14.7 Å². The molecule has 4 heteroatoms. The predicted molar refractivity (Wildman–Crippen MR) is 57.3 cm³/mol. The van der Waals surface area contributed by atoms with Crippen molar-refractivity contribution in [3.8, 4) is 0 Å². The highest BCUT2D eigenvalue weighted by atomic mass is 79.9. The Hall–Kier alpha value is -1.16. The van der Waals surface area contributed by atoms with Crippen LogP contribution in [-0.4, -0.2) is 11.8 Å². The summed E-state index contributed by atoms with van der Waals surface area (Å²) in [5, 5.41) is 10.7. The van der Waals surface area contributed by atoms with E-state index in [1.807, 2.05) is 0 Å². The van der Waals surface area contributed by atoms with Crippen molar-refractivity contribution in [2.75, 3.05) is 0 Å². The molecule has 1 aromatic carbocycles. The van der Waals surface area contributed by atoms with E-state index >= 15 is 0 Å². The van der Waals surface area contributed by atoms with Crippen molar-refractivity contribution in [2.24, 2.45) is 5.92 Å². The maximum absolute atomic E-state index is 11.8. The second-order valence-corrected chi connectivity index (χ2v) is 3.98. The molecule has 0 aliphatic rings. The minimum Gasteiger partial charge on any atom is -0.549 e. The molecule has 1 atom stereocenters. The largest absolute Gasteiger partial charge is 0.549 e. The molecule has 0 saturated carbocycles. The zero-order valence-electron chi connectivity index (χ0n) is 8.20. The van der Waals surface area contributed by atoms with Crippen molar-refractivity contribution in [3.05, 3.63) is 34.3 Å².